The quantitative estimate of drug-likeness (QED) is 0.486. The molecule has 100 valence electrons. The summed E-state index contributed by atoms with van der Waals surface area (Å²) < 4.78 is 0. The molecule has 0 bridgehead atoms. The zero-order chi connectivity index (χ0) is 13.2. The molecule has 0 aliphatic rings. The maximum Gasteiger partial charge on any atom is 0.193 e. The number of benzene rings is 1. The number of nitrogens with zero attached hydrogens (tertiary/aromatic N) is 2. The molecule has 0 aliphatic carbocycles. The van der Waals surface area contributed by atoms with Gasteiger partial charge in [-0.05, 0) is 18.7 Å². The minimum absolute atomic E-state index is 0.864. The van der Waals surface area contributed by atoms with Gasteiger partial charge < -0.3 is 10.2 Å². The molecule has 0 radical (unpaired) electrons. The highest BCUT2D eigenvalue weighted by Crippen LogP contribution is 2.03. The van der Waals surface area contributed by atoms with Crippen LogP contribution in [0.2, 0.25) is 0 Å². The fourth-order valence-corrected chi connectivity index (χ4v) is 1.92. The Morgan fingerprint density at radius 2 is 2.06 bits per heavy atom. The zero-order valence-electron chi connectivity index (χ0n) is 11.5. The second kappa shape index (κ2) is 8.86. The average molecular weight is 265 g/mol. The molecule has 0 atom stereocenters. The average Bonchev–Trinajstić information content (AvgIpc) is 2.39. The van der Waals surface area contributed by atoms with Gasteiger partial charge in [0.15, 0.2) is 5.96 Å². The second-order valence-electron chi connectivity index (χ2n) is 4.07. The van der Waals surface area contributed by atoms with Crippen LogP contribution in [0, 0.1) is 0 Å². The highest BCUT2D eigenvalue weighted by molar-refractivity contribution is 7.98. The van der Waals surface area contributed by atoms with E-state index in [4.69, 9.17) is 0 Å². The van der Waals surface area contributed by atoms with Crippen molar-refractivity contribution in [3.63, 3.8) is 0 Å². The van der Waals surface area contributed by atoms with Gasteiger partial charge in [-0.1, -0.05) is 30.3 Å². The van der Waals surface area contributed by atoms with E-state index in [1.165, 1.54) is 5.56 Å². The number of hydrogen-bond acceptors (Lipinski definition) is 2. The van der Waals surface area contributed by atoms with Gasteiger partial charge >= 0.3 is 0 Å². The first kappa shape index (κ1) is 14.9. The first-order valence-electron chi connectivity index (χ1n) is 6.30. The molecule has 0 amide bonds. The maximum atomic E-state index is 4.61. The van der Waals surface area contributed by atoms with Crippen LogP contribution in [0.3, 0.4) is 0 Å². The van der Waals surface area contributed by atoms with E-state index >= 15 is 0 Å². The number of thioether (sulfide) groups is 1. The van der Waals surface area contributed by atoms with E-state index < -0.39 is 0 Å². The Bertz CT molecular complexity index is 351. The summed E-state index contributed by atoms with van der Waals surface area (Å²) in [5, 5.41) is 3.33. The molecule has 18 heavy (non-hydrogen) atoms. The third-order valence-corrected chi connectivity index (χ3v) is 3.11. The standard InChI is InChI=1S/C14H23N3S/c1-4-15-14(16-10-11-18-3)17(2)12-13-8-6-5-7-9-13/h5-9H,4,10-12H2,1-3H3,(H,15,16). The van der Waals surface area contributed by atoms with Crippen molar-refractivity contribution in [1.29, 1.82) is 0 Å². The van der Waals surface area contributed by atoms with Crippen LogP contribution in [0.5, 0.6) is 0 Å². The predicted molar refractivity (Wildman–Crippen MR) is 82.3 cm³/mol. The number of nitrogens with one attached hydrogen (secondary N) is 1. The second-order valence-corrected chi connectivity index (χ2v) is 5.06. The van der Waals surface area contributed by atoms with Crippen molar-refractivity contribution in [1.82, 2.24) is 10.2 Å². The minimum Gasteiger partial charge on any atom is -0.357 e. The molecule has 1 aromatic carbocycles. The van der Waals surface area contributed by atoms with Gasteiger partial charge in [-0.15, -0.1) is 0 Å². The summed E-state index contributed by atoms with van der Waals surface area (Å²) in [5.74, 6) is 2.05. The lowest BCUT2D eigenvalue weighted by atomic mass is 10.2. The molecule has 0 saturated heterocycles. The van der Waals surface area contributed by atoms with Gasteiger partial charge in [0, 0.05) is 25.9 Å². The van der Waals surface area contributed by atoms with Crippen LogP contribution in [0.1, 0.15) is 12.5 Å². The molecule has 0 unspecified atom stereocenters. The summed E-state index contributed by atoms with van der Waals surface area (Å²) in [4.78, 5) is 6.78. The van der Waals surface area contributed by atoms with E-state index in [1.807, 2.05) is 17.8 Å². The number of guanidine groups is 1. The minimum atomic E-state index is 0.864. The highest BCUT2D eigenvalue weighted by Gasteiger charge is 2.05. The molecule has 1 N–H and O–H groups in total. The van der Waals surface area contributed by atoms with Crippen molar-refractivity contribution in [3.8, 4) is 0 Å². The van der Waals surface area contributed by atoms with Crippen LogP contribution in [0.25, 0.3) is 0 Å². The van der Waals surface area contributed by atoms with Crippen LogP contribution in [0.4, 0.5) is 0 Å². The Labute approximate surface area is 115 Å². The molecular formula is C14H23N3S. The fraction of sp³-hybridized carbons (Fsp3) is 0.500. The van der Waals surface area contributed by atoms with Gasteiger partial charge in [-0.3, -0.25) is 4.99 Å². The predicted octanol–water partition coefficient (Wildman–Crippen LogP) is 2.45. The van der Waals surface area contributed by atoms with E-state index in [2.05, 4.69) is 59.7 Å². The molecule has 1 rings (SSSR count). The van der Waals surface area contributed by atoms with E-state index in [0.717, 1.165) is 31.3 Å². The fourth-order valence-electron chi connectivity index (χ4n) is 1.64. The summed E-state index contributed by atoms with van der Waals surface area (Å²) in [5.41, 5.74) is 1.30. The first-order chi connectivity index (χ1) is 8.77. The van der Waals surface area contributed by atoms with Crippen molar-refractivity contribution in [2.75, 3.05) is 32.1 Å². The molecular weight excluding hydrogens is 242 g/mol. The van der Waals surface area contributed by atoms with Gasteiger partial charge in [-0.2, -0.15) is 11.8 Å². The molecule has 0 fully saturated rings. The number of hydrogen-bond donors (Lipinski definition) is 1. The zero-order valence-corrected chi connectivity index (χ0v) is 12.3. The highest BCUT2D eigenvalue weighted by atomic mass is 32.2. The van der Waals surface area contributed by atoms with Crippen LogP contribution >= 0.6 is 11.8 Å². The van der Waals surface area contributed by atoms with Crippen molar-refractivity contribution in [3.05, 3.63) is 35.9 Å². The van der Waals surface area contributed by atoms with Gasteiger partial charge in [0.2, 0.25) is 0 Å². The van der Waals surface area contributed by atoms with Gasteiger partial charge in [0.25, 0.3) is 0 Å². The molecule has 0 saturated carbocycles. The molecule has 1 aromatic rings. The van der Waals surface area contributed by atoms with Crippen molar-refractivity contribution in [2.24, 2.45) is 4.99 Å². The summed E-state index contributed by atoms with van der Waals surface area (Å²) in [6.45, 7) is 4.74. The number of rotatable bonds is 6. The molecule has 0 spiro atoms. The van der Waals surface area contributed by atoms with Gasteiger partial charge in [0.1, 0.15) is 0 Å². The van der Waals surface area contributed by atoms with Crippen LogP contribution in [0.15, 0.2) is 35.3 Å². The normalized spacial score (nSPS) is 11.4. The van der Waals surface area contributed by atoms with E-state index in [-0.39, 0.29) is 0 Å². The maximum absolute atomic E-state index is 4.61. The van der Waals surface area contributed by atoms with E-state index in [9.17, 15) is 0 Å². The lowest BCUT2D eigenvalue weighted by molar-refractivity contribution is 0.477. The van der Waals surface area contributed by atoms with Crippen LogP contribution in [-0.2, 0) is 6.54 Å². The van der Waals surface area contributed by atoms with Crippen LogP contribution in [-0.4, -0.2) is 43.0 Å². The Morgan fingerprint density at radius 1 is 1.33 bits per heavy atom. The van der Waals surface area contributed by atoms with Gasteiger partial charge in [0.05, 0.1) is 6.54 Å². The summed E-state index contributed by atoms with van der Waals surface area (Å²) in [7, 11) is 2.08. The van der Waals surface area contributed by atoms with E-state index in [0.29, 0.717) is 0 Å². The summed E-state index contributed by atoms with van der Waals surface area (Å²) in [6, 6.07) is 10.5. The Morgan fingerprint density at radius 3 is 2.67 bits per heavy atom. The first-order valence-corrected chi connectivity index (χ1v) is 7.69. The van der Waals surface area contributed by atoms with Gasteiger partial charge in [-0.25, -0.2) is 0 Å². The number of aliphatic imine (C=N–C) groups is 1. The van der Waals surface area contributed by atoms with Crippen molar-refractivity contribution >= 4 is 17.7 Å². The molecule has 0 heterocycles. The molecule has 4 heteroatoms. The smallest absolute Gasteiger partial charge is 0.193 e. The van der Waals surface area contributed by atoms with Crippen LogP contribution < -0.4 is 5.32 Å². The third kappa shape index (κ3) is 5.45. The summed E-state index contributed by atoms with van der Waals surface area (Å²) in [6.07, 6.45) is 2.11. The summed E-state index contributed by atoms with van der Waals surface area (Å²) >= 11 is 1.82. The lowest BCUT2D eigenvalue weighted by Crippen LogP contribution is -2.38. The van der Waals surface area contributed by atoms with Crippen molar-refractivity contribution in [2.45, 2.75) is 13.5 Å². The monoisotopic (exact) mass is 265 g/mol. The topological polar surface area (TPSA) is 27.6 Å². The molecule has 0 aliphatic heterocycles. The molecule has 0 aromatic heterocycles. The third-order valence-electron chi connectivity index (χ3n) is 2.52. The van der Waals surface area contributed by atoms with E-state index in [1.54, 1.807) is 0 Å². The Kier molecular flexibility index (Phi) is 7.34. The Hall–Kier alpha value is -1.16. The lowest BCUT2D eigenvalue weighted by Gasteiger charge is -2.22. The molecule has 3 nitrogen and oxygen atoms in total. The Balaban J connectivity index is 2.58. The van der Waals surface area contributed by atoms with Crippen molar-refractivity contribution < 1.29 is 0 Å². The largest absolute Gasteiger partial charge is 0.357 e. The SMILES string of the molecule is CCNC(=NCCSC)N(C)Cc1ccccc1.